The zero-order valence-electron chi connectivity index (χ0n) is 16.4. The molecule has 0 saturated carbocycles. The Kier molecular flexibility index (Phi) is 5.00. The normalized spacial score (nSPS) is 15.7. The average Bonchev–Trinajstić information content (AvgIpc) is 3.13. The third kappa shape index (κ3) is 3.71. The minimum Gasteiger partial charge on any atom is -0.410 e. The number of rotatable bonds is 2. The number of anilines is 1. The molecule has 0 radical (unpaired) electrons. The molecule has 31 heavy (non-hydrogen) atoms. The van der Waals surface area contributed by atoms with Gasteiger partial charge in [0.25, 0.3) is 0 Å². The van der Waals surface area contributed by atoms with Gasteiger partial charge < -0.3 is 15.5 Å². The molecule has 156 valence electrons. The van der Waals surface area contributed by atoms with Gasteiger partial charge in [-0.25, -0.2) is 4.79 Å². The van der Waals surface area contributed by atoms with Crippen LogP contribution in [-0.4, -0.2) is 22.5 Å². The predicted octanol–water partition coefficient (Wildman–Crippen LogP) is 6.20. The number of fused-ring (bicyclic) bond motifs is 3. The number of nitrogens with two attached hydrogens (primary N) is 1. The number of benzene rings is 3. The van der Waals surface area contributed by atoms with Gasteiger partial charge in [0, 0.05) is 38.9 Å². The van der Waals surface area contributed by atoms with Crippen molar-refractivity contribution in [2.75, 3.05) is 12.3 Å². The standard InChI is InChI=1S/C24H19Cl2N3O2/c25-15-3-8-18(9-4-15)31-24(30)29-12-11-19-20-13-16(26)5-10-21(20)28-22(19)23(29)14-1-6-17(27)7-2-14/h1-10,13,23,28H,11-12,27H2. The molecule has 7 heteroatoms. The van der Waals surface area contributed by atoms with Crippen molar-refractivity contribution in [1.29, 1.82) is 0 Å². The number of amides is 1. The maximum Gasteiger partial charge on any atom is 0.416 e. The number of halogens is 2. The van der Waals surface area contributed by atoms with Crippen LogP contribution in [0.2, 0.25) is 10.0 Å². The Balaban J connectivity index is 1.58. The van der Waals surface area contributed by atoms with Crippen molar-refractivity contribution in [3.8, 4) is 5.75 Å². The van der Waals surface area contributed by atoms with Gasteiger partial charge in [-0.1, -0.05) is 35.3 Å². The highest BCUT2D eigenvalue weighted by Crippen LogP contribution is 2.39. The van der Waals surface area contributed by atoms with Crippen LogP contribution in [0.1, 0.15) is 22.9 Å². The fourth-order valence-corrected chi connectivity index (χ4v) is 4.44. The Morgan fingerprint density at radius 2 is 1.71 bits per heavy atom. The number of aromatic amines is 1. The smallest absolute Gasteiger partial charge is 0.410 e. The SMILES string of the molecule is Nc1ccc(C2c3[nH]c4ccc(Cl)cc4c3CCN2C(=O)Oc2ccc(Cl)cc2)cc1. The zero-order chi connectivity index (χ0) is 21.5. The number of carbonyl (C=O) groups is 1. The van der Waals surface area contributed by atoms with E-state index in [0.717, 1.165) is 27.7 Å². The van der Waals surface area contributed by atoms with Crippen LogP contribution in [0.25, 0.3) is 10.9 Å². The highest BCUT2D eigenvalue weighted by atomic mass is 35.5. The van der Waals surface area contributed by atoms with Gasteiger partial charge in [0.1, 0.15) is 11.8 Å². The average molecular weight is 452 g/mol. The van der Waals surface area contributed by atoms with E-state index in [1.807, 2.05) is 42.5 Å². The molecule has 0 spiro atoms. The van der Waals surface area contributed by atoms with Gasteiger partial charge in [0.15, 0.2) is 0 Å². The number of ether oxygens (including phenoxy) is 1. The van der Waals surface area contributed by atoms with Gasteiger partial charge in [-0.2, -0.15) is 0 Å². The van der Waals surface area contributed by atoms with Crippen LogP contribution in [0, 0.1) is 0 Å². The van der Waals surface area contributed by atoms with Crippen LogP contribution in [0.15, 0.2) is 66.7 Å². The first-order valence-corrected chi connectivity index (χ1v) is 10.6. The van der Waals surface area contributed by atoms with Crippen LogP contribution in [-0.2, 0) is 6.42 Å². The van der Waals surface area contributed by atoms with E-state index >= 15 is 0 Å². The lowest BCUT2D eigenvalue weighted by molar-refractivity contribution is 0.135. The first kappa shape index (κ1) is 19.8. The summed E-state index contributed by atoms with van der Waals surface area (Å²) in [5, 5.41) is 2.34. The molecular formula is C24H19Cl2N3O2. The summed E-state index contributed by atoms with van der Waals surface area (Å²) in [6.07, 6.45) is 0.267. The van der Waals surface area contributed by atoms with Crippen molar-refractivity contribution in [2.24, 2.45) is 0 Å². The second kappa shape index (κ2) is 7.84. The highest BCUT2D eigenvalue weighted by molar-refractivity contribution is 6.31. The lowest BCUT2D eigenvalue weighted by Gasteiger charge is -2.35. The van der Waals surface area contributed by atoms with E-state index < -0.39 is 6.09 Å². The molecule has 0 saturated heterocycles. The molecule has 0 fully saturated rings. The second-order valence-corrected chi connectivity index (χ2v) is 8.41. The van der Waals surface area contributed by atoms with E-state index in [1.54, 1.807) is 29.2 Å². The lowest BCUT2D eigenvalue weighted by atomic mass is 9.92. The van der Waals surface area contributed by atoms with Gasteiger partial charge >= 0.3 is 6.09 Å². The fourth-order valence-electron chi connectivity index (χ4n) is 4.14. The molecule has 5 nitrogen and oxygen atoms in total. The molecule has 1 atom stereocenters. The van der Waals surface area contributed by atoms with Crippen LogP contribution in [0.4, 0.5) is 10.5 Å². The van der Waals surface area contributed by atoms with E-state index in [1.165, 1.54) is 0 Å². The van der Waals surface area contributed by atoms with Crippen molar-refractivity contribution in [2.45, 2.75) is 12.5 Å². The third-order valence-corrected chi connectivity index (χ3v) is 6.08. The van der Waals surface area contributed by atoms with E-state index in [9.17, 15) is 4.79 Å². The monoisotopic (exact) mass is 451 g/mol. The summed E-state index contributed by atoms with van der Waals surface area (Å²) < 4.78 is 5.66. The van der Waals surface area contributed by atoms with Gasteiger partial charge in [0.2, 0.25) is 0 Å². The summed E-state index contributed by atoms with van der Waals surface area (Å²) in [6.45, 7) is 0.508. The molecule has 1 unspecified atom stereocenters. The minimum absolute atomic E-state index is 0.338. The predicted molar refractivity (Wildman–Crippen MR) is 124 cm³/mol. The first-order chi connectivity index (χ1) is 15.0. The summed E-state index contributed by atoms with van der Waals surface area (Å²) in [4.78, 5) is 18.4. The van der Waals surface area contributed by atoms with Gasteiger partial charge in [-0.3, -0.25) is 4.90 Å². The molecule has 3 N–H and O–H groups in total. The zero-order valence-corrected chi connectivity index (χ0v) is 18.0. The summed E-state index contributed by atoms with van der Waals surface area (Å²) >= 11 is 12.2. The Morgan fingerprint density at radius 1 is 1.00 bits per heavy atom. The van der Waals surface area contributed by atoms with Gasteiger partial charge in [0.05, 0.1) is 0 Å². The third-order valence-electron chi connectivity index (χ3n) is 5.59. The van der Waals surface area contributed by atoms with Crippen molar-refractivity contribution < 1.29 is 9.53 Å². The maximum atomic E-state index is 13.2. The van der Waals surface area contributed by atoms with Crippen LogP contribution in [0.5, 0.6) is 5.75 Å². The minimum atomic E-state index is -0.425. The number of nitrogens with zero attached hydrogens (tertiary/aromatic N) is 1. The van der Waals surface area contributed by atoms with Crippen molar-refractivity contribution in [3.05, 3.63) is 93.6 Å². The fraction of sp³-hybridized carbons (Fsp3) is 0.125. The van der Waals surface area contributed by atoms with Crippen LogP contribution < -0.4 is 10.5 Å². The molecule has 3 aromatic carbocycles. The van der Waals surface area contributed by atoms with E-state index in [4.69, 9.17) is 33.7 Å². The second-order valence-electron chi connectivity index (χ2n) is 7.54. The number of nitrogen functional groups attached to an aromatic ring is 1. The van der Waals surface area contributed by atoms with Crippen molar-refractivity contribution >= 4 is 45.9 Å². The number of hydrogen-bond acceptors (Lipinski definition) is 3. The maximum absolute atomic E-state index is 13.2. The molecule has 1 amide bonds. The van der Waals surface area contributed by atoms with Crippen LogP contribution >= 0.6 is 23.2 Å². The van der Waals surface area contributed by atoms with E-state index in [0.29, 0.717) is 34.4 Å². The van der Waals surface area contributed by atoms with Gasteiger partial charge in [-0.05, 0) is 72.1 Å². The molecule has 1 aliphatic rings. The quantitative estimate of drug-likeness (QED) is 0.356. The molecular weight excluding hydrogens is 433 g/mol. The number of nitrogens with one attached hydrogen (secondary N) is 1. The summed E-state index contributed by atoms with van der Waals surface area (Å²) in [5.74, 6) is 0.444. The number of H-pyrrole nitrogens is 1. The molecule has 0 bridgehead atoms. The first-order valence-electron chi connectivity index (χ1n) is 9.89. The summed E-state index contributed by atoms with van der Waals surface area (Å²) in [5.41, 5.74) is 10.6. The molecule has 2 heterocycles. The lowest BCUT2D eigenvalue weighted by Crippen LogP contribution is -2.42. The number of hydrogen-bond donors (Lipinski definition) is 2. The highest BCUT2D eigenvalue weighted by Gasteiger charge is 2.35. The largest absolute Gasteiger partial charge is 0.416 e. The Labute approximate surface area is 189 Å². The Hall–Kier alpha value is -3.15. The van der Waals surface area contributed by atoms with Crippen molar-refractivity contribution in [1.82, 2.24) is 9.88 Å². The number of aromatic nitrogens is 1. The molecule has 1 aromatic heterocycles. The van der Waals surface area contributed by atoms with Crippen molar-refractivity contribution in [3.63, 3.8) is 0 Å². The van der Waals surface area contributed by atoms with E-state index in [-0.39, 0.29) is 6.04 Å². The summed E-state index contributed by atoms with van der Waals surface area (Å²) in [7, 11) is 0. The van der Waals surface area contributed by atoms with Gasteiger partial charge in [-0.15, -0.1) is 0 Å². The Morgan fingerprint density at radius 3 is 2.45 bits per heavy atom. The molecule has 4 aromatic rings. The van der Waals surface area contributed by atoms with E-state index in [2.05, 4.69) is 4.98 Å². The molecule has 5 rings (SSSR count). The summed E-state index contributed by atoms with van der Waals surface area (Å²) in [6, 6.07) is 19.8. The molecule has 1 aliphatic heterocycles. The van der Waals surface area contributed by atoms with Crippen LogP contribution in [0.3, 0.4) is 0 Å². The number of carbonyl (C=O) groups excluding carboxylic acids is 1. The topological polar surface area (TPSA) is 71.4 Å². The Bertz CT molecular complexity index is 1270. The molecule has 0 aliphatic carbocycles.